The minimum absolute atomic E-state index is 0.113. The first-order chi connectivity index (χ1) is 13.0. The highest BCUT2D eigenvalue weighted by Gasteiger charge is 2.17. The number of aromatic amines is 1. The third-order valence-corrected chi connectivity index (χ3v) is 5.45. The Labute approximate surface area is 165 Å². The van der Waals surface area contributed by atoms with Gasteiger partial charge in [-0.15, -0.1) is 11.3 Å². The smallest absolute Gasteiger partial charge is 0.191 e. The summed E-state index contributed by atoms with van der Waals surface area (Å²) in [5.41, 5.74) is 3.80. The van der Waals surface area contributed by atoms with Crippen molar-refractivity contribution in [2.75, 3.05) is 20.1 Å². The van der Waals surface area contributed by atoms with E-state index in [0.29, 0.717) is 0 Å². The predicted molar refractivity (Wildman–Crippen MR) is 116 cm³/mol. The lowest BCUT2D eigenvalue weighted by molar-refractivity contribution is 0.570. The van der Waals surface area contributed by atoms with Gasteiger partial charge < -0.3 is 15.6 Å². The quantitative estimate of drug-likeness (QED) is 0.447. The number of H-pyrrole nitrogens is 1. The number of thiazole rings is 1. The van der Waals surface area contributed by atoms with Crippen molar-refractivity contribution in [1.82, 2.24) is 20.6 Å². The summed E-state index contributed by atoms with van der Waals surface area (Å²) in [5, 5.41) is 11.4. The van der Waals surface area contributed by atoms with Crippen LogP contribution in [0.4, 0.5) is 0 Å². The molecule has 0 fully saturated rings. The number of benzene rings is 1. The van der Waals surface area contributed by atoms with Gasteiger partial charge in [0.25, 0.3) is 0 Å². The monoisotopic (exact) mass is 383 g/mol. The van der Waals surface area contributed by atoms with Crippen LogP contribution in [0.3, 0.4) is 0 Å². The molecule has 0 atom stereocenters. The molecule has 3 N–H and O–H groups in total. The number of aromatic nitrogens is 2. The van der Waals surface area contributed by atoms with Crippen LogP contribution in [0.25, 0.3) is 10.9 Å². The number of aliphatic imine (C=N–C) groups is 1. The van der Waals surface area contributed by atoms with E-state index in [0.717, 1.165) is 31.9 Å². The molecule has 2 aromatic heterocycles. The van der Waals surface area contributed by atoms with Crippen molar-refractivity contribution in [3.8, 4) is 0 Å². The van der Waals surface area contributed by atoms with Crippen molar-refractivity contribution in [3.05, 3.63) is 52.1 Å². The van der Waals surface area contributed by atoms with E-state index in [1.807, 2.05) is 7.05 Å². The number of rotatable bonds is 6. The van der Waals surface area contributed by atoms with Gasteiger partial charge >= 0.3 is 0 Å². The summed E-state index contributed by atoms with van der Waals surface area (Å²) in [6.45, 7) is 8.26. The molecular formula is C21H29N5S. The van der Waals surface area contributed by atoms with E-state index in [2.05, 4.69) is 77.2 Å². The summed E-state index contributed by atoms with van der Waals surface area (Å²) in [6, 6.07) is 8.40. The standard InChI is InChI=1S/C21H29N5S/c1-21(2,3)18-14-27-19(26-18)10-12-24-20(22-4)23-11-9-15-13-25-17-8-6-5-7-16(15)17/h5-8,13-14,25H,9-12H2,1-4H3,(H2,22,23,24). The van der Waals surface area contributed by atoms with E-state index < -0.39 is 0 Å². The predicted octanol–water partition coefficient (Wildman–Crippen LogP) is 3.87. The summed E-state index contributed by atoms with van der Waals surface area (Å²) in [7, 11) is 1.81. The van der Waals surface area contributed by atoms with Gasteiger partial charge in [-0.1, -0.05) is 39.0 Å². The molecule has 2 heterocycles. The maximum absolute atomic E-state index is 4.74. The molecule has 0 amide bonds. The van der Waals surface area contributed by atoms with Crippen molar-refractivity contribution < 1.29 is 0 Å². The van der Waals surface area contributed by atoms with Crippen molar-refractivity contribution in [1.29, 1.82) is 0 Å². The van der Waals surface area contributed by atoms with Crippen LogP contribution in [0.1, 0.15) is 37.0 Å². The lowest BCUT2D eigenvalue weighted by Gasteiger charge is -2.14. The van der Waals surface area contributed by atoms with Gasteiger partial charge in [-0.3, -0.25) is 4.99 Å². The number of nitrogens with zero attached hydrogens (tertiary/aromatic N) is 2. The van der Waals surface area contributed by atoms with Crippen molar-refractivity contribution >= 4 is 28.2 Å². The average molecular weight is 384 g/mol. The summed E-state index contributed by atoms with van der Waals surface area (Å²) >= 11 is 1.74. The molecule has 0 aliphatic heterocycles. The highest BCUT2D eigenvalue weighted by Crippen LogP contribution is 2.23. The molecule has 0 aliphatic rings. The molecule has 5 nitrogen and oxygen atoms in total. The van der Waals surface area contributed by atoms with Gasteiger partial charge in [0.2, 0.25) is 0 Å². The summed E-state index contributed by atoms with van der Waals surface area (Å²) in [6.07, 6.45) is 3.95. The number of hydrogen-bond acceptors (Lipinski definition) is 3. The molecule has 0 saturated heterocycles. The second kappa shape index (κ2) is 8.57. The summed E-state index contributed by atoms with van der Waals surface area (Å²) < 4.78 is 0. The van der Waals surface area contributed by atoms with Gasteiger partial charge in [0.15, 0.2) is 5.96 Å². The van der Waals surface area contributed by atoms with Crippen LogP contribution in [0, 0.1) is 0 Å². The normalized spacial score (nSPS) is 12.5. The fourth-order valence-electron chi connectivity index (χ4n) is 2.93. The van der Waals surface area contributed by atoms with Crippen molar-refractivity contribution in [3.63, 3.8) is 0 Å². The third kappa shape index (κ3) is 5.10. The van der Waals surface area contributed by atoms with E-state index in [-0.39, 0.29) is 5.41 Å². The summed E-state index contributed by atoms with van der Waals surface area (Å²) in [5.74, 6) is 0.836. The molecule has 0 bridgehead atoms. The maximum atomic E-state index is 4.74. The van der Waals surface area contributed by atoms with Crippen LogP contribution in [-0.2, 0) is 18.3 Å². The topological polar surface area (TPSA) is 65.1 Å². The van der Waals surface area contributed by atoms with Gasteiger partial charge in [-0.2, -0.15) is 0 Å². The molecule has 0 saturated carbocycles. The zero-order chi connectivity index (χ0) is 19.3. The van der Waals surface area contributed by atoms with E-state index in [1.54, 1.807) is 11.3 Å². The molecule has 0 spiro atoms. The van der Waals surface area contributed by atoms with Crippen LogP contribution >= 0.6 is 11.3 Å². The molecule has 27 heavy (non-hydrogen) atoms. The number of nitrogens with one attached hydrogen (secondary N) is 3. The Kier molecular flexibility index (Phi) is 6.16. The van der Waals surface area contributed by atoms with Crippen molar-refractivity contribution in [2.24, 2.45) is 4.99 Å². The molecular weight excluding hydrogens is 354 g/mol. The molecule has 3 aromatic rings. The molecule has 0 aliphatic carbocycles. The van der Waals surface area contributed by atoms with E-state index >= 15 is 0 Å². The van der Waals surface area contributed by atoms with Gasteiger partial charge in [-0.05, 0) is 18.1 Å². The molecule has 3 rings (SSSR count). The highest BCUT2D eigenvalue weighted by molar-refractivity contribution is 7.09. The Balaban J connectivity index is 1.44. The van der Waals surface area contributed by atoms with Gasteiger partial charge in [0.05, 0.1) is 10.7 Å². The Morgan fingerprint density at radius 2 is 1.89 bits per heavy atom. The van der Waals surface area contributed by atoms with Crippen molar-refractivity contribution in [2.45, 2.75) is 39.0 Å². The second-order valence-corrected chi connectivity index (χ2v) is 8.60. The lowest BCUT2D eigenvalue weighted by atomic mass is 9.93. The van der Waals surface area contributed by atoms with Crippen LogP contribution < -0.4 is 10.6 Å². The molecule has 1 aromatic carbocycles. The molecule has 144 valence electrons. The molecule has 0 radical (unpaired) electrons. The van der Waals surface area contributed by atoms with E-state index in [1.165, 1.54) is 27.2 Å². The number of hydrogen-bond donors (Lipinski definition) is 3. The third-order valence-electron chi connectivity index (χ3n) is 4.54. The van der Waals surface area contributed by atoms with Gasteiger partial charge in [-0.25, -0.2) is 4.98 Å². The van der Waals surface area contributed by atoms with Crippen LogP contribution in [0.5, 0.6) is 0 Å². The zero-order valence-electron chi connectivity index (χ0n) is 16.6. The Bertz CT molecular complexity index is 901. The van der Waals surface area contributed by atoms with Gasteiger partial charge in [0, 0.05) is 54.5 Å². The summed E-state index contributed by atoms with van der Waals surface area (Å²) in [4.78, 5) is 12.4. The second-order valence-electron chi connectivity index (χ2n) is 7.66. The molecule has 0 unspecified atom stereocenters. The molecule has 6 heteroatoms. The van der Waals surface area contributed by atoms with E-state index in [4.69, 9.17) is 4.98 Å². The van der Waals surface area contributed by atoms with Gasteiger partial charge in [0.1, 0.15) is 0 Å². The van der Waals surface area contributed by atoms with Crippen LogP contribution in [0.2, 0.25) is 0 Å². The van der Waals surface area contributed by atoms with E-state index in [9.17, 15) is 0 Å². The maximum Gasteiger partial charge on any atom is 0.191 e. The number of fused-ring (bicyclic) bond motifs is 1. The zero-order valence-corrected chi connectivity index (χ0v) is 17.4. The van der Waals surface area contributed by atoms with Crippen LogP contribution in [0.15, 0.2) is 40.8 Å². The highest BCUT2D eigenvalue weighted by atomic mass is 32.1. The minimum Gasteiger partial charge on any atom is -0.361 e. The average Bonchev–Trinajstić information content (AvgIpc) is 3.27. The number of guanidine groups is 1. The Morgan fingerprint density at radius 1 is 1.15 bits per heavy atom. The lowest BCUT2D eigenvalue weighted by Crippen LogP contribution is -2.39. The van der Waals surface area contributed by atoms with Crippen LogP contribution in [-0.4, -0.2) is 36.1 Å². The Morgan fingerprint density at radius 3 is 2.59 bits per heavy atom. The fraction of sp³-hybridized carbons (Fsp3) is 0.429. The first-order valence-electron chi connectivity index (χ1n) is 9.42. The number of para-hydroxylation sites is 1. The Hall–Kier alpha value is -2.34. The first-order valence-corrected chi connectivity index (χ1v) is 10.3. The SMILES string of the molecule is CN=C(NCCc1nc(C(C)(C)C)cs1)NCCc1c[nH]c2ccccc12. The minimum atomic E-state index is 0.113. The largest absolute Gasteiger partial charge is 0.361 e. The first kappa shape index (κ1) is 19.4. The fourth-order valence-corrected chi connectivity index (χ4v) is 3.96.